The fourth-order valence-corrected chi connectivity index (χ4v) is 3.43. The highest BCUT2D eigenvalue weighted by Gasteiger charge is 2.21. The van der Waals surface area contributed by atoms with E-state index >= 15 is 0 Å². The molecule has 36 heavy (non-hydrogen) atoms. The molecule has 186 valence electrons. The highest BCUT2D eigenvalue weighted by atomic mass is 16.6. The number of hydrogen-bond donors (Lipinski definition) is 2. The maximum absolute atomic E-state index is 12.7. The van der Waals surface area contributed by atoms with Crippen molar-refractivity contribution in [3.05, 3.63) is 87.4 Å². The number of nitro benzene ring substituents is 1. The molecule has 3 aromatic heterocycles. The molecule has 13 nitrogen and oxygen atoms in total. The first-order valence-corrected chi connectivity index (χ1v) is 10.8. The van der Waals surface area contributed by atoms with Gasteiger partial charge in [-0.2, -0.15) is 10.2 Å². The number of hydrogen-bond acceptors (Lipinski definition) is 8. The van der Waals surface area contributed by atoms with Crippen molar-refractivity contribution in [1.82, 2.24) is 24.9 Å². The van der Waals surface area contributed by atoms with Crippen LogP contribution in [-0.2, 0) is 27.2 Å². The highest BCUT2D eigenvalue weighted by Crippen LogP contribution is 2.28. The summed E-state index contributed by atoms with van der Waals surface area (Å²) in [5.74, 6) is -0.683. The molecule has 0 saturated heterocycles. The SMILES string of the molecule is Cc1ccc(OCc2ccc(C(=O)Nc3cnn(C)c3C(=O)NCc3cnn(C)c3)o2)c([N+](=O)[O-])c1. The number of furan rings is 1. The van der Waals surface area contributed by atoms with Crippen LogP contribution in [0.5, 0.6) is 5.75 Å². The Morgan fingerprint density at radius 1 is 1.14 bits per heavy atom. The molecule has 13 heteroatoms. The maximum Gasteiger partial charge on any atom is 0.311 e. The first-order valence-electron chi connectivity index (χ1n) is 10.8. The minimum Gasteiger partial charge on any atom is -0.479 e. The van der Waals surface area contributed by atoms with Crippen LogP contribution in [0.4, 0.5) is 11.4 Å². The first-order chi connectivity index (χ1) is 17.2. The summed E-state index contributed by atoms with van der Waals surface area (Å²) in [5, 5.41) is 24.8. The highest BCUT2D eigenvalue weighted by molar-refractivity contribution is 6.07. The molecule has 4 rings (SSSR count). The van der Waals surface area contributed by atoms with E-state index in [1.807, 2.05) is 0 Å². The maximum atomic E-state index is 12.7. The van der Waals surface area contributed by atoms with Crippen molar-refractivity contribution in [2.75, 3.05) is 5.32 Å². The van der Waals surface area contributed by atoms with Gasteiger partial charge in [0.05, 0.1) is 23.0 Å². The molecular weight excluding hydrogens is 470 g/mol. The Kier molecular flexibility index (Phi) is 6.81. The predicted molar refractivity (Wildman–Crippen MR) is 126 cm³/mol. The molecule has 0 aliphatic carbocycles. The van der Waals surface area contributed by atoms with Crippen molar-refractivity contribution in [2.45, 2.75) is 20.1 Å². The third-order valence-corrected chi connectivity index (χ3v) is 5.18. The topological polar surface area (TPSA) is 159 Å². The van der Waals surface area contributed by atoms with Crippen LogP contribution < -0.4 is 15.4 Å². The van der Waals surface area contributed by atoms with Crippen LogP contribution in [0.25, 0.3) is 0 Å². The van der Waals surface area contributed by atoms with Crippen LogP contribution in [0.2, 0.25) is 0 Å². The Balaban J connectivity index is 1.40. The lowest BCUT2D eigenvalue weighted by atomic mass is 10.2. The summed E-state index contributed by atoms with van der Waals surface area (Å²) < 4.78 is 14.0. The molecule has 4 aromatic rings. The van der Waals surface area contributed by atoms with Crippen LogP contribution in [-0.4, -0.2) is 36.3 Å². The lowest BCUT2D eigenvalue weighted by Gasteiger charge is -2.08. The number of aromatic nitrogens is 4. The number of carbonyl (C=O) groups is 2. The second-order valence-electron chi connectivity index (χ2n) is 7.97. The summed E-state index contributed by atoms with van der Waals surface area (Å²) in [4.78, 5) is 36.2. The molecule has 0 aliphatic heterocycles. The second kappa shape index (κ2) is 10.1. The quantitative estimate of drug-likeness (QED) is 0.266. The van der Waals surface area contributed by atoms with Crippen molar-refractivity contribution in [2.24, 2.45) is 14.1 Å². The van der Waals surface area contributed by atoms with Gasteiger partial charge in [0.25, 0.3) is 11.8 Å². The molecule has 0 fully saturated rings. The van der Waals surface area contributed by atoms with E-state index < -0.39 is 16.7 Å². The predicted octanol–water partition coefficient (Wildman–Crippen LogP) is 2.72. The molecule has 0 saturated carbocycles. The average molecular weight is 493 g/mol. The van der Waals surface area contributed by atoms with Gasteiger partial charge in [0.15, 0.2) is 11.5 Å². The molecule has 0 spiro atoms. The van der Waals surface area contributed by atoms with E-state index in [1.54, 1.807) is 44.2 Å². The van der Waals surface area contributed by atoms with Crippen molar-refractivity contribution in [1.29, 1.82) is 0 Å². The number of ether oxygens (including phenoxy) is 1. The molecule has 0 radical (unpaired) electrons. The molecule has 0 aliphatic rings. The van der Waals surface area contributed by atoms with Crippen molar-refractivity contribution < 1.29 is 23.7 Å². The number of carbonyl (C=O) groups excluding carboxylic acids is 2. The van der Waals surface area contributed by atoms with Crippen LogP contribution in [0.15, 0.2) is 53.3 Å². The molecule has 0 atom stereocenters. The Bertz CT molecular complexity index is 1430. The van der Waals surface area contributed by atoms with Gasteiger partial charge < -0.3 is 19.8 Å². The van der Waals surface area contributed by atoms with Gasteiger partial charge in [-0.1, -0.05) is 6.07 Å². The van der Waals surface area contributed by atoms with Gasteiger partial charge in [0.2, 0.25) is 0 Å². The van der Waals surface area contributed by atoms with Gasteiger partial charge in [-0.15, -0.1) is 0 Å². The zero-order chi connectivity index (χ0) is 25.8. The van der Waals surface area contributed by atoms with Crippen molar-refractivity contribution in [3.63, 3.8) is 0 Å². The molecule has 1 aromatic carbocycles. The van der Waals surface area contributed by atoms with Gasteiger partial charge in [-0.25, -0.2) is 0 Å². The van der Waals surface area contributed by atoms with E-state index in [0.717, 1.165) is 11.1 Å². The van der Waals surface area contributed by atoms with Gasteiger partial charge in [-0.3, -0.25) is 29.1 Å². The monoisotopic (exact) mass is 493 g/mol. The Labute approximate surface area is 204 Å². The number of nitrogens with one attached hydrogen (secondary N) is 2. The third kappa shape index (κ3) is 5.41. The summed E-state index contributed by atoms with van der Waals surface area (Å²) in [6.07, 6.45) is 4.78. The number of benzene rings is 1. The molecule has 2 amide bonds. The summed E-state index contributed by atoms with van der Waals surface area (Å²) in [7, 11) is 3.36. The van der Waals surface area contributed by atoms with Crippen LogP contribution in [0.3, 0.4) is 0 Å². The minimum absolute atomic E-state index is 0.0300. The Morgan fingerprint density at radius 3 is 2.67 bits per heavy atom. The summed E-state index contributed by atoms with van der Waals surface area (Å²) in [6.45, 7) is 1.88. The van der Waals surface area contributed by atoms with Crippen LogP contribution in [0.1, 0.15) is 37.9 Å². The van der Waals surface area contributed by atoms with Crippen molar-refractivity contribution in [3.8, 4) is 5.75 Å². The summed E-state index contributed by atoms with van der Waals surface area (Å²) >= 11 is 0. The second-order valence-corrected chi connectivity index (χ2v) is 7.97. The normalized spacial score (nSPS) is 10.8. The van der Waals surface area contributed by atoms with Gasteiger partial charge >= 0.3 is 5.69 Å². The van der Waals surface area contributed by atoms with Crippen LogP contribution in [0, 0.1) is 17.0 Å². The van der Waals surface area contributed by atoms with E-state index in [4.69, 9.17) is 9.15 Å². The number of aryl methyl sites for hydroxylation is 3. The molecule has 0 unspecified atom stereocenters. The van der Waals surface area contributed by atoms with Gasteiger partial charge in [0.1, 0.15) is 18.1 Å². The number of nitrogens with zero attached hydrogens (tertiary/aromatic N) is 5. The zero-order valence-electron chi connectivity index (χ0n) is 19.7. The fourth-order valence-electron chi connectivity index (χ4n) is 3.43. The lowest BCUT2D eigenvalue weighted by molar-refractivity contribution is -0.386. The number of amides is 2. The van der Waals surface area contributed by atoms with E-state index in [-0.39, 0.29) is 47.5 Å². The van der Waals surface area contributed by atoms with E-state index in [9.17, 15) is 19.7 Å². The number of rotatable bonds is 9. The minimum atomic E-state index is -0.600. The van der Waals surface area contributed by atoms with Gasteiger partial charge in [-0.05, 0) is 30.7 Å². The summed E-state index contributed by atoms with van der Waals surface area (Å²) in [6, 6.07) is 7.58. The summed E-state index contributed by atoms with van der Waals surface area (Å²) in [5.41, 5.74) is 1.75. The number of anilines is 1. The molecule has 2 N–H and O–H groups in total. The Hall–Kier alpha value is -4.94. The fraction of sp³-hybridized carbons (Fsp3) is 0.217. The standard InChI is InChI=1S/C23H23N7O6/c1-14-4-6-19(18(8-14)30(33)34)35-13-16-5-7-20(36-16)22(31)27-17-11-26-29(3)21(17)23(32)24-9-15-10-25-28(2)12-15/h4-8,10-12H,9,13H2,1-3H3,(H,24,32)(H,27,31). The van der Waals surface area contributed by atoms with Crippen LogP contribution >= 0.6 is 0 Å². The first kappa shape index (κ1) is 24.2. The smallest absolute Gasteiger partial charge is 0.311 e. The Morgan fingerprint density at radius 2 is 1.94 bits per heavy atom. The largest absolute Gasteiger partial charge is 0.479 e. The average Bonchev–Trinajstić information content (AvgIpc) is 3.57. The number of nitro groups is 1. The lowest BCUT2D eigenvalue weighted by Crippen LogP contribution is -2.26. The van der Waals surface area contributed by atoms with Crippen molar-refractivity contribution >= 4 is 23.2 Å². The van der Waals surface area contributed by atoms with E-state index in [2.05, 4.69) is 20.8 Å². The molecular formula is C23H23N7O6. The molecule has 0 bridgehead atoms. The van der Waals surface area contributed by atoms with E-state index in [1.165, 1.54) is 35.1 Å². The third-order valence-electron chi connectivity index (χ3n) is 5.18. The van der Waals surface area contributed by atoms with E-state index in [0.29, 0.717) is 0 Å². The zero-order valence-corrected chi connectivity index (χ0v) is 19.7. The molecule has 3 heterocycles. The van der Waals surface area contributed by atoms with Gasteiger partial charge in [0, 0.05) is 38.5 Å².